The second-order valence-electron chi connectivity index (χ2n) is 4.01. The molecule has 0 atom stereocenters. The number of hydrogen-bond acceptors (Lipinski definition) is 5. The SMILES string of the molecule is CCOCCOCC(=O)Nc1cccc(OCC(=O)O)c1. The fourth-order valence-electron chi connectivity index (χ4n) is 1.43. The molecule has 0 aliphatic carbocycles. The molecule has 7 heteroatoms. The Bertz CT molecular complexity index is 463. The molecule has 0 radical (unpaired) electrons. The summed E-state index contributed by atoms with van der Waals surface area (Å²) < 4.78 is 15.2. The topological polar surface area (TPSA) is 94.1 Å². The minimum atomic E-state index is -1.06. The van der Waals surface area contributed by atoms with Crippen LogP contribution in [0.1, 0.15) is 6.92 Å². The van der Waals surface area contributed by atoms with Gasteiger partial charge in [-0.25, -0.2) is 4.79 Å². The molecule has 0 heterocycles. The average Bonchev–Trinajstić information content (AvgIpc) is 2.45. The van der Waals surface area contributed by atoms with E-state index in [9.17, 15) is 9.59 Å². The van der Waals surface area contributed by atoms with Crippen LogP contribution in [-0.4, -0.2) is 50.0 Å². The molecule has 0 saturated heterocycles. The Morgan fingerprint density at radius 1 is 1.19 bits per heavy atom. The number of hydrogen-bond donors (Lipinski definition) is 2. The van der Waals surface area contributed by atoms with Crippen LogP contribution in [0.15, 0.2) is 24.3 Å². The van der Waals surface area contributed by atoms with E-state index in [1.54, 1.807) is 24.3 Å². The first-order chi connectivity index (χ1) is 10.1. The third-order valence-electron chi connectivity index (χ3n) is 2.29. The van der Waals surface area contributed by atoms with E-state index in [0.29, 0.717) is 31.3 Å². The van der Waals surface area contributed by atoms with Gasteiger partial charge in [-0.3, -0.25) is 4.79 Å². The number of anilines is 1. The van der Waals surface area contributed by atoms with Gasteiger partial charge >= 0.3 is 5.97 Å². The van der Waals surface area contributed by atoms with Crippen LogP contribution in [0, 0.1) is 0 Å². The van der Waals surface area contributed by atoms with E-state index in [4.69, 9.17) is 19.3 Å². The Kier molecular flexibility index (Phi) is 7.85. The van der Waals surface area contributed by atoms with Crippen LogP contribution >= 0.6 is 0 Å². The summed E-state index contributed by atoms with van der Waals surface area (Å²) in [4.78, 5) is 22.0. The van der Waals surface area contributed by atoms with Gasteiger partial charge in [-0.15, -0.1) is 0 Å². The third-order valence-corrected chi connectivity index (χ3v) is 2.29. The molecule has 1 aromatic rings. The Labute approximate surface area is 122 Å². The molecule has 0 bridgehead atoms. The summed E-state index contributed by atoms with van der Waals surface area (Å²) in [5.74, 6) is -0.999. The van der Waals surface area contributed by atoms with Crippen LogP contribution in [0.5, 0.6) is 5.75 Å². The minimum Gasteiger partial charge on any atom is -0.482 e. The summed E-state index contributed by atoms with van der Waals surface area (Å²) in [5.41, 5.74) is 0.510. The fraction of sp³-hybridized carbons (Fsp3) is 0.429. The molecule has 1 aromatic carbocycles. The maximum Gasteiger partial charge on any atom is 0.341 e. The van der Waals surface area contributed by atoms with Crippen molar-refractivity contribution in [1.29, 1.82) is 0 Å². The van der Waals surface area contributed by atoms with Gasteiger partial charge in [0.15, 0.2) is 6.61 Å². The lowest BCUT2D eigenvalue weighted by molar-refractivity contribution is -0.139. The summed E-state index contributed by atoms with van der Waals surface area (Å²) in [6.45, 7) is 2.78. The van der Waals surface area contributed by atoms with Gasteiger partial charge in [0, 0.05) is 18.4 Å². The zero-order valence-electron chi connectivity index (χ0n) is 11.8. The van der Waals surface area contributed by atoms with Gasteiger partial charge in [0.05, 0.1) is 13.2 Å². The molecule has 0 aliphatic heterocycles. The summed E-state index contributed by atoms with van der Waals surface area (Å²) in [5, 5.41) is 11.2. The molecule has 0 saturated carbocycles. The lowest BCUT2D eigenvalue weighted by Crippen LogP contribution is -2.19. The molecule has 0 spiro atoms. The quantitative estimate of drug-likeness (QED) is 0.629. The van der Waals surface area contributed by atoms with Crippen LogP contribution in [0.25, 0.3) is 0 Å². The standard InChI is InChI=1S/C14H19NO6/c1-2-19-6-7-20-9-13(16)15-11-4-3-5-12(8-11)21-10-14(17)18/h3-5,8H,2,6-7,9-10H2,1H3,(H,15,16)(H,17,18). The highest BCUT2D eigenvalue weighted by Crippen LogP contribution is 2.17. The highest BCUT2D eigenvalue weighted by Gasteiger charge is 2.04. The molecular formula is C14H19NO6. The van der Waals surface area contributed by atoms with E-state index in [1.807, 2.05) is 6.92 Å². The van der Waals surface area contributed by atoms with Crippen molar-refractivity contribution < 1.29 is 28.9 Å². The van der Waals surface area contributed by atoms with Crippen LogP contribution in [0.2, 0.25) is 0 Å². The first-order valence-electron chi connectivity index (χ1n) is 6.51. The van der Waals surface area contributed by atoms with Crippen molar-refractivity contribution in [3.8, 4) is 5.75 Å². The van der Waals surface area contributed by atoms with Crippen molar-refractivity contribution in [1.82, 2.24) is 0 Å². The first kappa shape index (κ1) is 16.9. The number of carboxylic acid groups (broad SMARTS) is 1. The van der Waals surface area contributed by atoms with E-state index < -0.39 is 12.6 Å². The lowest BCUT2D eigenvalue weighted by atomic mass is 10.3. The maximum atomic E-state index is 11.6. The number of carbonyl (C=O) groups is 2. The van der Waals surface area contributed by atoms with Crippen molar-refractivity contribution in [2.75, 3.05) is 38.4 Å². The van der Waals surface area contributed by atoms with Gasteiger partial charge in [-0.05, 0) is 19.1 Å². The van der Waals surface area contributed by atoms with E-state index in [2.05, 4.69) is 5.32 Å². The smallest absolute Gasteiger partial charge is 0.341 e. The van der Waals surface area contributed by atoms with E-state index >= 15 is 0 Å². The van der Waals surface area contributed by atoms with Gasteiger partial charge in [-0.1, -0.05) is 6.07 Å². The Balaban J connectivity index is 2.34. The zero-order chi connectivity index (χ0) is 15.5. The molecule has 0 aliphatic rings. The molecule has 0 fully saturated rings. The van der Waals surface area contributed by atoms with Gasteiger partial charge in [-0.2, -0.15) is 0 Å². The summed E-state index contributed by atoms with van der Waals surface area (Å²) in [7, 11) is 0. The number of aliphatic carboxylic acids is 1. The normalized spacial score (nSPS) is 10.1. The van der Waals surface area contributed by atoms with Crippen molar-refractivity contribution in [3.05, 3.63) is 24.3 Å². The predicted molar refractivity (Wildman–Crippen MR) is 75.5 cm³/mol. The lowest BCUT2D eigenvalue weighted by Gasteiger charge is -2.08. The Morgan fingerprint density at radius 2 is 1.95 bits per heavy atom. The molecule has 7 nitrogen and oxygen atoms in total. The molecule has 2 N–H and O–H groups in total. The number of amides is 1. The molecule has 21 heavy (non-hydrogen) atoms. The number of rotatable bonds is 10. The summed E-state index contributed by atoms with van der Waals surface area (Å²) >= 11 is 0. The van der Waals surface area contributed by atoms with Gasteiger partial charge < -0.3 is 24.6 Å². The van der Waals surface area contributed by atoms with Crippen LogP contribution in [-0.2, 0) is 19.1 Å². The Hall–Kier alpha value is -2.12. The number of nitrogens with one attached hydrogen (secondary N) is 1. The third kappa shape index (κ3) is 7.91. The van der Waals surface area contributed by atoms with Crippen LogP contribution < -0.4 is 10.1 Å². The second-order valence-corrected chi connectivity index (χ2v) is 4.01. The predicted octanol–water partition coefficient (Wildman–Crippen LogP) is 1.14. The molecule has 116 valence electrons. The van der Waals surface area contributed by atoms with E-state index in [0.717, 1.165) is 0 Å². The fourth-order valence-corrected chi connectivity index (χ4v) is 1.43. The van der Waals surface area contributed by atoms with Gasteiger partial charge in [0.1, 0.15) is 12.4 Å². The molecular weight excluding hydrogens is 278 g/mol. The summed E-state index contributed by atoms with van der Waals surface area (Å²) in [6.07, 6.45) is 0. The second kappa shape index (κ2) is 9.73. The molecule has 0 unspecified atom stereocenters. The number of carboxylic acids is 1. The van der Waals surface area contributed by atoms with E-state index in [1.165, 1.54) is 0 Å². The van der Waals surface area contributed by atoms with Crippen molar-refractivity contribution in [3.63, 3.8) is 0 Å². The van der Waals surface area contributed by atoms with Gasteiger partial charge in [0.25, 0.3) is 0 Å². The Morgan fingerprint density at radius 3 is 2.67 bits per heavy atom. The average molecular weight is 297 g/mol. The number of benzene rings is 1. The maximum absolute atomic E-state index is 11.6. The first-order valence-corrected chi connectivity index (χ1v) is 6.51. The number of ether oxygens (including phenoxy) is 3. The largest absolute Gasteiger partial charge is 0.482 e. The number of carbonyl (C=O) groups excluding carboxylic acids is 1. The van der Waals surface area contributed by atoms with Crippen molar-refractivity contribution >= 4 is 17.6 Å². The van der Waals surface area contributed by atoms with Crippen molar-refractivity contribution in [2.24, 2.45) is 0 Å². The molecule has 1 rings (SSSR count). The van der Waals surface area contributed by atoms with E-state index in [-0.39, 0.29) is 12.5 Å². The highest BCUT2D eigenvalue weighted by atomic mass is 16.5. The van der Waals surface area contributed by atoms with Crippen molar-refractivity contribution in [2.45, 2.75) is 6.92 Å². The molecule has 0 aromatic heterocycles. The summed E-state index contributed by atoms with van der Waals surface area (Å²) in [6, 6.07) is 6.48. The highest BCUT2D eigenvalue weighted by molar-refractivity contribution is 5.91. The zero-order valence-corrected chi connectivity index (χ0v) is 11.8. The van der Waals surface area contributed by atoms with Gasteiger partial charge in [0.2, 0.25) is 5.91 Å². The minimum absolute atomic E-state index is 0.0761. The monoisotopic (exact) mass is 297 g/mol. The van der Waals surface area contributed by atoms with Crippen LogP contribution in [0.4, 0.5) is 5.69 Å². The molecule has 1 amide bonds. The van der Waals surface area contributed by atoms with Crippen LogP contribution in [0.3, 0.4) is 0 Å².